The number of hydrogen-bond donors (Lipinski definition) is 2. The second-order valence-electron chi connectivity index (χ2n) is 5.99. The summed E-state index contributed by atoms with van der Waals surface area (Å²) < 4.78 is 5.13. The Morgan fingerprint density at radius 1 is 1.12 bits per heavy atom. The second-order valence-corrected chi connectivity index (χ2v) is 5.99. The molecule has 0 bridgehead atoms. The maximum Gasteiger partial charge on any atom is 0.412 e. The standard InChI is InChI=1S/C19H22N2O3/c22-17(12-20-19(23)24-18-8-2-1-3-9-18)14-21-11-10-15-6-4-5-7-16(15)13-21/h1-9,17,22H,10-14H2,(H,20,23)/t17-/m1/s1. The van der Waals surface area contributed by atoms with Crippen LogP contribution in [-0.2, 0) is 13.0 Å². The molecule has 2 aromatic carbocycles. The van der Waals surface area contributed by atoms with Gasteiger partial charge in [0.1, 0.15) is 5.75 Å². The van der Waals surface area contributed by atoms with Crippen molar-refractivity contribution in [1.82, 2.24) is 10.2 Å². The number of rotatable bonds is 5. The molecule has 1 aliphatic rings. The largest absolute Gasteiger partial charge is 0.412 e. The van der Waals surface area contributed by atoms with Crippen LogP contribution in [0.25, 0.3) is 0 Å². The van der Waals surface area contributed by atoms with Crippen LogP contribution in [-0.4, -0.2) is 41.8 Å². The number of amides is 1. The van der Waals surface area contributed by atoms with Gasteiger partial charge in [-0.3, -0.25) is 4.90 Å². The Bertz CT molecular complexity index is 675. The van der Waals surface area contributed by atoms with Crippen molar-refractivity contribution in [3.8, 4) is 5.75 Å². The number of fused-ring (bicyclic) bond motifs is 1. The zero-order valence-electron chi connectivity index (χ0n) is 13.5. The highest BCUT2D eigenvalue weighted by molar-refractivity contribution is 5.70. The van der Waals surface area contributed by atoms with Crippen molar-refractivity contribution >= 4 is 6.09 Å². The Hall–Kier alpha value is -2.37. The van der Waals surface area contributed by atoms with Gasteiger partial charge in [0.25, 0.3) is 0 Å². The smallest absolute Gasteiger partial charge is 0.410 e. The van der Waals surface area contributed by atoms with Gasteiger partial charge < -0.3 is 15.2 Å². The molecule has 1 aliphatic heterocycles. The van der Waals surface area contributed by atoms with Crippen molar-refractivity contribution in [1.29, 1.82) is 0 Å². The van der Waals surface area contributed by atoms with Crippen molar-refractivity contribution in [3.05, 3.63) is 65.7 Å². The molecule has 1 heterocycles. The van der Waals surface area contributed by atoms with Crippen molar-refractivity contribution in [2.45, 2.75) is 19.1 Å². The summed E-state index contributed by atoms with van der Waals surface area (Å²) in [7, 11) is 0. The fraction of sp³-hybridized carbons (Fsp3) is 0.316. The van der Waals surface area contributed by atoms with E-state index in [1.807, 2.05) is 12.1 Å². The number of nitrogens with one attached hydrogen (secondary N) is 1. The molecule has 126 valence electrons. The van der Waals surface area contributed by atoms with E-state index >= 15 is 0 Å². The molecule has 1 atom stereocenters. The predicted molar refractivity (Wildman–Crippen MR) is 91.9 cm³/mol. The van der Waals surface area contributed by atoms with Gasteiger partial charge in [0.15, 0.2) is 0 Å². The molecule has 0 spiro atoms. The maximum absolute atomic E-state index is 11.7. The summed E-state index contributed by atoms with van der Waals surface area (Å²) in [5.41, 5.74) is 2.69. The monoisotopic (exact) mass is 326 g/mol. The fourth-order valence-electron chi connectivity index (χ4n) is 2.91. The van der Waals surface area contributed by atoms with E-state index in [1.165, 1.54) is 11.1 Å². The minimum atomic E-state index is -0.626. The predicted octanol–water partition coefficient (Wildman–Crippen LogP) is 2.19. The zero-order chi connectivity index (χ0) is 16.8. The van der Waals surface area contributed by atoms with Crippen LogP contribution in [0.5, 0.6) is 5.75 Å². The molecule has 3 rings (SSSR count). The van der Waals surface area contributed by atoms with Crippen LogP contribution in [0.2, 0.25) is 0 Å². The lowest BCUT2D eigenvalue weighted by Gasteiger charge is -2.30. The number of benzene rings is 2. The summed E-state index contributed by atoms with van der Waals surface area (Å²) in [4.78, 5) is 13.9. The topological polar surface area (TPSA) is 61.8 Å². The highest BCUT2D eigenvalue weighted by atomic mass is 16.6. The van der Waals surface area contributed by atoms with E-state index in [0.717, 1.165) is 19.5 Å². The average Bonchev–Trinajstić information content (AvgIpc) is 2.61. The van der Waals surface area contributed by atoms with Crippen LogP contribution in [0.3, 0.4) is 0 Å². The fourth-order valence-corrected chi connectivity index (χ4v) is 2.91. The summed E-state index contributed by atoms with van der Waals surface area (Å²) in [6.45, 7) is 2.45. The molecule has 2 aromatic rings. The first-order valence-corrected chi connectivity index (χ1v) is 8.18. The Morgan fingerprint density at radius 3 is 2.62 bits per heavy atom. The molecule has 2 N–H and O–H groups in total. The number of aliphatic hydroxyl groups excluding tert-OH is 1. The van der Waals surface area contributed by atoms with Gasteiger partial charge in [-0.05, 0) is 29.7 Å². The van der Waals surface area contributed by atoms with Crippen LogP contribution in [0.15, 0.2) is 54.6 Å². The minimum Gasteiger partial charge on any atom is -0.410 e. The quantitative estimate of drug-likeness (QED) is 0.884. The minimum absolute atomic E-state index is 0.170. The summed E-state index contributed by atoms with van der Waals surface area (Å²) in [5, 5.41) is 12.8. The molecule has 24 heavy (non-hydrogen) atoms. The molecular formula is C19H22N2O3. The van der Waals surface area contributed by atoms with Crippen LogP contribution >= 0.6 is 0 Å². The highest BCUT2D eigenvalue weighted by Gasteiger charge is 2.18. The molecule has 1 amide bonds. The lowest BCUT2D eigenvalue weighted by molar-refractivity contribution is 0.103. The van der Waals surface area contributed by atoms with Crippen LogP contribution in [0.1, 0.15) is 11.1 Å². The summed E-state index contributed by atoms with van der Waals surface area (Å²) >= 11 is 0. The molecule has 5 heteroatoms. The lowest BCUT2D eigenvalue weighted by Crippen LogP contribution is -2.42. The third-order valence-electron chi connectivity index (χ3n) is 4.11. The van der Waals surface area contributed by atoms with Crippen molar-refractivity contribution < 1.29 is 14.6 Å². The number of β-amino-alcohol motifs (C(OH)–C–C–N with tert-alkyl or cyclic N) is 1. The first-order valence-electron chi connectivity index (χ1n) is 8.18. The molecule has 0 aliphatic carbocycles. The van der Waals surface area contributed by atoms with Gasteiger partial charge in [0, 0.05) is 26.2 Å². The highest BCUT2D eigenvalue weighted by Crippen LogP contribution is 2.18. The van der Waals surface area contributed by atoms with Gasteiger partial charge in [-0.1, -0.05) is 42.5 Å². The molecular weight excluding hydrogens is 304 g/mol. The van der Waals surface area contributed by atoms with Crippen LogP contribution < -0.4 is 10.1 Å². The molecule has 0 aromatic heterocycles. The number of para-hydroxylation sites is 1. The van der Waals surface area contributed by atoms with E-state index in [9.17, 15) is 9.90 Å². The number of hydrogen-bond acceptors (Lipinski definition) is 4. The molecule has 0 saturated heterocycles. The molecule has 0 saturated carbocycles. The average molecular weight is 326 g/mol. The van der Waals surface area contributed by atoms with Gasteiger partial charge in [-0.25, -0.2) is 4.79 Å². The number of aliphatic hydroxyl groups is 1. The van der Waals surface area contributed by atoms with Gasteiger partial charge in [0.2, 0.25) is 0 Å². The summed E-state index contributed by atoms with van der Waals surface area (Å²) in [6, 6.07) is 17.3. The molecule has 0 radical (unpaired) electrons. The Labute approximate surface area is 141 Å². The van der Waals surface area contributed by atoms with E-state index in [2.05, 4.69) is 28.4 Å². The normalized spacial score (nSPS) is 15.4. The zero-order valence-corrected chi connectivity index (χ0v) is 13.5. The number of carbonyl (C=O) groups excluding carboxylic acids is 1. The van der Waals surface area contributed by atoms with E-state index in [4.69, 9.17) is 4.74 Å². The van der Waals surface area contributed by atoms with E-state index in [0.29, 0.717) is 12.3 Å². The Balaban J connectivity index is 1.41. The lowest BCUT2D eigenvalue weighted by atomic mass is 10.00. The van der Waals surface area contributed by atoms with Crippen molar-refractivity contribution in [2.75, 3.05) is 19.6 Å². The third-order valence-corrected chi connectivity index (χ3v) is 4.11. The third kappa shape index (κ3) is 4.57. The van der Waals surface area contributed by atoms with E-state index in [1.54, 1.807) is 24.3 Å². The molecule has 0 fully saturated rings. The maximum atomic E-state index is 11.7. The molecule has 5 nitrogen and oxygen atoms in total. The first kappa shape index (κ1) is 16.5. The van der Waals surface area contributed by atoms with Crippen LogP contribution in [0.4, 0.5) is 4.79 Å². The van der Waals surface area contributed by atoms with Crippen LogP contribution in [0, 0.1) is 0 Å². The molecule has 0 unspecified atom stereocenters. The SMILES string of the molecule is O=C(NC[C@@H](O)CN1CCc2ccccc2C1)Oc1ccccc1. The van der Waals surface area contributed by atoms with Crippen molar-refractivity contribution in [2.24, 2.45) is 0 Å². The van der Waals surface area contributed by atoms with Gasteiger partial charge >= 0.3 is 6.09 Å². The van der Waals surface area contributed by atoms with E-state index < -0.39 is 12.2 Å². The van der Waals surface area contributed by atoms with Gasteiger partial charge in [-0.15, -0.1) is 0 Å². The summed E-state index contributed by atoms with van der Waals surface area (Å²) in [5.74, 6) is 0.483. The van der Waals surface area contributed by atoms with Crippen molar-refractivity contribution in [3.63, 3.8) is 0 Å². The van der Waals surface area contributed by atoms with Gasteiger partial charge in [-0.2, -0.15) is 0 Å². The second kappa shape index (κ2) is 7.95. The Morgan fingerprint density at radius 2 is 1.83 bits per heavy atom. The number of carbonyl (C=O) groups is 1. The van der Waals surface area contributed by atoms with Gasteiger partial charge in [0.05, 0.1) is 6.10 Å². The Kier molecular flexibility index (Phi) is 5.46. The van der Waals surface area contributed by atoms with E-state index in [-0.39, 0.29) is 6.54 Å². The summed E-state index contributed by atoms with van der Waals surface area (Å²) in [6.07, 6.45) is -0.186. The number of nitrogens with zero attached hydrogens (tertiary/aromatic N) is 1. The first-order chi connectivity index (χ1) is 11.7. The number of ether oxygens (including phenoxy) is 1.